The highest BCUT2D eigenvalue weighted by Crippen LogP contribution is 2.63. The van der Waals surface area contributed by atoms with Crippen LogP contribution in [-0.2, 0) is 24.4 Å². The van der Waals surface area contributed by atoms with Crippen molar-refractivity contribution in [1.82, 2.24) is 0 Å². The van der Waals surface area contributed by atoms with Gasteiger partial charge in [-0.1, -0.05) is 6.07 Å². The van der Waals surface area contributed by atoms with Crippen molar-refractivity contribution >= 4 is 44.6 Å². The molecule has 5 aliphatic rings. The number of benzene rings is 1. The van der Waals surface area contributed by atoms with Crippen LogP contribution in [0.15, 0.2) is 18.2 Å². The maximum absolute atomic E-state index is 13.7. The third-order valence-corrected chi connectivity index (χ3v) is 8.53. The minimum absolute atomic E-state index is 0.00742. The topological polar surface area (TPSA) is 119 Å². The fraction of sp³-hybridized carbons (Fsp3) is 0.579. The molecule has 1 aliphatic heterocycles. The Morgan fingerprint density at radius 3 is 2.45 bits per heavy atom. The fourth-order valence-electron chi connectivity index (χ4n) is 5.85. The van der Waals surface area contributed by atoms with Crippen LogP contribution in [0.1, 0.15) is 42.5 Å². The predicted molar refractivity (Wildman–Crippen MR) is 105 cm³/mol. The van der Waals surface area contributed by atoms with Crippen LogP contribution < -0.4 is 4.74 Å². The Morgan fingerprint density at radius 2 is 1.84 bits per heavy atom. The molecule has 0 radical (unpaired) electrons. The van der Waals surface area contributed by atoms with Crippen molar-refractivity contribution in [2.75, 3.05) is 0 Å². The lowest BCUT2D eigenvalue weighted by molar-refractivity contribution is -0.309. The number of halogens is 3. The smallest absolute Gasteiger partial charge is 0.428 e. The van der Waals surface area contributed by atoms with Crippen molar-refractivity contribution in [3.63, 3.8) is 0 Å². The normalized spacial score (nSPS) is 36.0. The first-order valence-corrected chi connectivity index (χ1v) is 12.1. The molecule has 4 aliphatic carbocycles. The fourth-order valence-corrected chi connectivity index (χ4v) is 6.79. The van der Waals surface area contributed by atoms with Crippen LogP contribution in [0.2, 0.25) is 0 Å². The van der Waals surface area contributed by atoms with E-state index in [9.17, 15) is 31.3 Å². The first-order chi connectivity index (χ1) is 14.4. The van der Waals surface area contributed by atoms with Gasteiger partial charge in [0.2, 0.25) is 0 Å². The average Bonchev–Trinajstić information content (AvgIpc) is 2.64. The summed E-state index contributed by atoms with van der Waals surface area (Å²) in [5.74, 6) is -4.67. The third kappa shape index (κ3) is 3.00. The van der Waals surface area contributed by atoms with E-state index in [1.54, 1.807) is 18.2 Å². The zero-order chi connectivity index (χ0) is 22.4. The summed E-state index contributed by atoms with van der Waals surface area (Å²) in [5, 5.41) is -5.17. The van der Waals surface area contributed by atoms with Gasteiger partial charge in [-0.25, -0.2) is 18.0 Å². The highest BCUT2D eigenvalue weighted by Gasteiger charge is 2.69. The molecule has 2 atom stereocenters. The maximum atomic E-state index is 13.7. The number of alkyl halides is 2. The number of rotatable bonds is 3. The lowest BCUT2D eigenvalue weighted by atomic mass is 9.51. The summed E-state index contributed by atoms with van der Waals surface area (Å²) in [5.41, 5.74) is -1.03. The van der Waals surface area contributed by atoms with E-state index in [0.29, 0.717) is 27.7 Å². The number of ether oxygens (including phenoxy) is 3. The van der Waals surface area contributed by atoms with E-state index in [1.165, 1.54) is 0 Å². The zero-order valence-corrected chi connectivity index (χ0v) is 18.8. The summed E-state index contributed by atoms with van der Waals surface area (Å²) in [6.45, 7) is 0. The summed E-state index contributed by atoms with van der Waals surface area (Å²) in [4.78, 5) is 24.8. The van der Waals surface area contributed by atoms with Crippen LogP contribution in [0.25, 0.3) is 0 Å². The van der Waals surface area contributed by atoms with E-state index in [0.717, 1.165) is 0 Å². The van der Waals surface area contributed by atoms with Crippen molar-refractivity contribution in [3.05, 3.63) is 27.3 Å². The van der Waals surface area contributed by atoms with Crippen LogP contribution in [0.5, 0.6) is 5.75 Å². The van der Waals surface area contributed by atoms with Crippen LogP contribution in [0, 0.1) is 21.3 Å². The minimum atomic E-state index is -6.21. The largest absolute Gasteiger partial charge is 0.743 e. The van der Waals surface area contributed by atoms with E-state index >= 15 is 0 Å². The summed E-state index contributed by atoms with van der Waals surface area (Å²) < 4.78 is 77.7. The SMILES string of the molecule is O=C1OC2(Oc3cccc(I)c31)C1CC3CC2CC(OC(=O)C(F)(F)S(=O)(=O)[O-])(C3)C1. The number of fused-ring (bicyclic) bond motifs is 1. The summed E-state index contributed by atoms with van der Waals surface area (Å²) in [6.07, 6.45) is 1.57. The monoisotopic (exact) mass is 569 g/mol. The molecule has 1 heterocycles. The van der Waals surface area contributed by atoms with E-state index in [4.69, 9.17) is 14.2 Å². The van der Waals surface area contributed by atoms with Gasteiger partial charge in [-0.05, 0) is 72.7 Å². The van der Waals surface area contributed by atoms with Crippen LogP contribution in [-0.4, -0.2) is 41.6 Å². The summed E-state index contributed by atoms with van der Waals surface area (Å²) in [6, 6.07) is 5.16. The Kier molecular flexibility index (Phi) is 4.47. The molecule has 1 aromatic carbocycles. The Hall–Kier alpha value is -1.54. The maximum Gasteiger partial charge on any atom is 0.428 e. The molecule has 0 saturated heterocycles. The molecule has 168 valence electrons. The van der Waals surface area contributed by atoms with Crippen molar-refractivity contribution < 1.29 is 45.6 Å². The molecule has 0 aromatic heterocycles. The van der Waals surface area contributed by atoms with Gasteiger partial charge in [-0.15, -0.1) is 0 Å². The molecule has 0 N–H and O–H groups in total. The van der Waals surface area contributed by atoms with E-state index in [2.05, 4.69) is 0 Å². The number of carbonyl (C=O) groups excluding carboxylic acids is 2. The predicted octanol–water partition coefficient (Wildman–Crippen LogP) is 2.80. The van der Waals surface area contributed by atoms with Gasteiger partial charge in [-0.3, -0.25) is 0 Å². The second kappa shape index (κ2) is 6.50. The Labute approximate surface area is 189 Å². The molecular formula is C19H16F2IO8S-. The Balaban J connectivity index is 1.46. The second-order valence-corrected chi connectivity index (χ2v) is 11.3. The Bertz CT molecular complexity index is 1090. The van der Waals surface area contributed by atoms with Gasteiger partial charge < -0.3 is 18.8 Å². The molecule has 0 amide bonds. The van der Waals surface area contributed by atoms with E-state index < -0.39 is 50.5 Å². The third-order valence-electron chi connectivity index (χ3n) is 6.83. The molecule has 4 fully saturated rings. The quantitative estimate of drug-likeness (QED) is 0.310. The summed E-state index contributed by atoms with van der Waals surface area (Å²) >= 11 is 2.01. The Morgan fingerprint density at radius 1 is 1.19 bits per heavy atom. The van der Waals surface area contributed by atoms with Crippen molar-refractivity contribution in [2.24, 2.45) is 17.8 Å². The van der Waals surface area contributed by atoms with Crippen LogP contribution in [0.4, 0.5) is 8.78 Å². The molecule has 2 unspecified atom stereocenters. The highest BCUT2D eigenvalue weighted by atomic mass is 127. The molecule has 31 heavy (non-hydrogen) atoms. The van der Waals surface area contributed by atoms with Crippen LogP contribution >= 0.6 is 22.6 Å². The molecular weight excluding hydrogens is 553 g/mol. The number of hydrogen-bond acceptors (Lipinski definition) is 8. The minimum Gasteiger partial charge on any atom is -0.743 e. The second-order valence-electron chi connectivity index (χ2n) is 8.71. The number of carbonyl (C=O) groups is 2. The van der Waals surface area contributed by atoms with E-state index in [1.807, 2.05) is 22.6 Å². The van der Waals surface area contributed by atoms with E-state index in [-0.39, 0.29) is 25.2 Å². The number of hydrogen-bond donors (Lipinski definition) is 0. The highest BCUT2D eigenvalue weighted by molar-refractivity contribution is 14.1. The van der Waals surface area contributed by atoms with Gasteiger partial charge in [0.25, 0.3) is 5.79 Å². The lowest BCUT2D eigenvalue weighted by Crippen LogP contribution is -2.69. The van der Waals surface area contributed by atoms with Crippen molar-refractivity contribution in [3.8, 4) is 5.75 Å². The number of esters is 2. The lowest BCUT2D eigenvalue weighted by Gasteiger charge is -2.63. The van der Waals surface area contributed by atoms with Gasteiger partial charge in [0.1, 0.15) is 16.9 Å². The van der Waals surface area contributed by atoms with Gasteiger partial charge >= 0.3 is 17.2 Å². The van der Waals surface area contributed by atoms with Crippen LogP contribution in [0.3, 0.4) is 0 Å². The van der Waals surface area contributed by atoms with Gasteiger partial charge in [0.05, 0.1) is 0 Å². The molecule has 8 nitrogen and oxygen atoms in total. The standard InChI is InChI=1S/C19H17F2IO8S/c20-19(21,31(25,26)27)16(24)30-17-6-9-4-10(7-17)18(11(5-9)8-17)28-13-3-1-2-12(22)14(13)15(23)29-18/h1-3,9-11H,4-8H2,(H,25,26,27)/p-1. The first kappa shape index (κ1) is 21.3. The average molecular weight is 569 g/mol. The van der Waals surface area contributed by atoms with Gasteiger partial charge in [0.15, 0.2) is 10.1 Å². The first-order valence-electron chi connectivity index (χ1n) is 9.64. The van der Waals surface area contributed by atoms with Crippen molar-refractivity contribution in [2.45, 2.75) is 48.7 Å². The van der Waals surface area contributed by atoms with Gasteiger partial charge in [-0.2, -0.15) is 8.78 Å². The van der Waals surface area contributed by atoms with Crippen molar-refractivity contribution in [1.29, 1.82) is 0 Å². The summed E-state index contributed by atoms with van der Waals surface area (Å²) in [7, 11) is -6.21. The molecule has 1 aromatic rings. The molecule has 4 bridgehead atoms. The molecule has 4 saturated carbocycles. The van der Waals surface area contributed by atoms with Gasteiger partial charge in [0, 0.05) is 15.4 Å². The zero-order valence-electron chi connectivity index (χ0n) is 15.8. The molecule has 1 spiro atoms. The molecule has 12 heteroatoms. The molecule has 6 rings (SSSR count).